The molecule has 4 heteroatoms. The number of rotatable bonds is 4. The van der Waals surface area contributed by atoms with Crippen LogP contribution in [-0.2, 0) is 11.8 Å². The third kappa shape index (κ3) is 1.83. The maximum absolute atomic E-state index is 5.56. The van der Waals surface area contributed by atoms with Crippen molar-refractivity contribution in [2.75, 3.05) is 20.2 Å². The molecule has 0 amide bonds. The number of nitrogens with zero attached hydrogens (tertiary/aromatic N) is 1. The van der Waals surface area contributed by atoms with E-state index in [0.29, 0.717) is 0 Å². The molecule has 1 aromatic carbocycles. The smallest absolute Gasteiger partial charge is 0.122 e. The van der Waals surface area contributed by atoms with Crippen molar-refractivity contribution in [1.82, 2.24) is 15.3 Å². The molecule has 4 rings (SSSR count). The highest BCUT2D eigenvalue weighted by Gasteiger charge is 2.46. The van der Waals surface area contributed by atoms with Crippen molar-refractivity contribution in [2.24, 2.45) is 0 Å². The zero-order valence-corrected chi connectivity index (χ0v) is 11.7. The summed E-state index contributed by atoms with van der Waals surface area (Å²) in [6.07, 6.45) is 5.41. The van der Waals surface area contributed by atoms with E-state index >= 15 is 0 Å². The van der Waals surface area contributed by atoms with E-state index in [2.05, 4.69) is 33.5 Å². The Morgan fingerprint density at radius 3 is 3.10 bits per heavy atom. The number of benzene rings is 1. The Morgan fingerprint density at radius 1 is 1.40 bits per heavy atom. The van der Waals surface area contributed by atoms with Crippen LogP contribution in [0.2, 0.25) is 0 Å². The molecule has 0 spiro atoms. The summed E-state index contributed by atoms with van der Waals surface area (Å²) in [7, 11) is 2.00. The Labute approximate surface area is 118 Å². The van der Waals surface area contributed by atoms with Crippen molar-refractivity contribution in [1.29, 1.82) is 0 Å². The number of aromatic nitrogens is 2. The van der Waals surface area contributed by atoms with Gasteiger partial charge in [-0.15, -0.1) is 0 Å². The normalized spacial score (nSPS) is 18.6. The summed E-state index contributed by atoms with van der Waals surface area (Å²) in [5.74, 6) is 2.15. The molecule has 0 saturated heterocycles. The number of fused-ring (bicyclic) bond motifs is 1. The number of hydrogen-bond donors (Lipinski definition) is 2. The number of imidazole rings is 1. The van der Waals surface area contributed by atoms with Gasteiger partial charge in [-0.3, -0.25) is 0 Å². The molecule has 0 unspecified atom stereocenters. The van der Waals surface area contributed by atoms with Crippen LogP contribution in [0.5, 0.6) is 5.75 Å². The largest absolute Gasteiger partial charge is 0.493 e. The van der Waals surface area contributed by atoms with Gasteiger partial charge in [-0.1, -0.05) is 0 Å². The minimum absolute atomic E-state index is 0.243. The maximum Gasteiger partial charge on any atom is 0.122 e. The van der Waals surface area contributed by atoms with Crippen LogP contribution in [0.25, 0.3) is 11.3 Å². The average Bonchev–Trinajstić information content (AvgIpc) is 2.94. The SMILES string of the molecule is CNCC1(c2ncc(-c3ccc4c(c3)CCO4)[nH]2)CC1. The molecule has 1 aliphatic heterocycles. The Morgan fingerprint density at radius 2 is 2.30 bits per heavy atom. The van der Waals surface area contributed by atoms with Gasteiger partial charge < -0.3 is 15.0 Å². The molecule has 1 saturated carbocycles. The highest BCUT2D eigenvalue weighted by Crippen LogP contribution is 2.46. The molecule has 2 aliphatic rings. The van der Waals surface area contributed by atoms with E-state index in [9.17, 15) is 0 Å². The van der Waals surface area contributed by atoms with Crippen LogP contribution in [0, 0.1) is 0 Å². The number of aromatic amines is 1. The van der Waals surface area contributed by atoms with Crippen molar-refractivity contribution in [3.8, 4) is 17.0 Å². The minimum Gasteiger partial charge on any atom is -0.493 e. The van der Waals surface area contributed by atoms with Gasteiger partial charge in [0.1, 0.15) is 11.6 Å². The van der Waals surface area contributed by atoms with Crippen LogP contribution in [0.1, 0.15) is 24.2 Å². The summed E-state index contributed by atoms with van der Waals surface area (Å²) in [6.45, 7) is 1.80. The molecule has 4 nitrogen and oxygen atoms in total. The van der Waals surface area contributed by atoms with E-state index in [1.807, 2.05) is 13.2 Å². The van der Waals surface area contributed by atoms with Gasteiger partial charge in [0.15, 0.2) is 0 Å². The van der Waals surface area contributed by atoms with Crippen LogP contribution < -0.4 is 10.1 Å². The predicted octanol–water partition coefficient (Wildman–Crippen LogP) is 2.26. The highest BCUT2D eigenvalue weighted by atomic mass is 16.5. The molecule has 2 N–H and O–H groups in total. The molecule has 1 aromatic heterocycles. The van der Waals surface area contributed by atoms with Gasteiger partial charge in [-0.05, 0) is 43.7 Å². The second-order valence-corrected chi connectivity index (χ2v) is 5.88. The topological polar surface area (TPSA) is 49.9 Å². The molecule has 1 aliphatic carbocycles. The Balaban J connectivity index is 1.65. The van der Waals surface area contributed by atoms with E-state index in [1.165, 1.54) is 24.0 Å². The zero-order valence-electron chi connectivity index (χ0n) is 11.7. The summed E-state index contributed by atoms with van der Waals surface area (Å²) in [5, 5.41) is 3.28. The summed E-state index contributed by atoms with van der Waals surface area (Å²) in [6, 6.07) is 6.40. The Hall–Kier alpha value is -1.81. The monoisotopic (exact) mass is 269 g/mol. The molecule has 104 valence electrons. The first kappa shape index (κ1) is 12.0. The van der Waals surface area contributed by atoms with Crippen molar-refractivity contribution in [3.63, 3.8) is 0 Å². The van der Waals surface area contributed by atoms with Crippen molar-refractivity contribution < 1.29 is 4.74 Å². The van der Waals surface area contributed by atoms with Gasteiger partial charge >= 0.3 is 0 Å². The standard InChI is InChI=1S/C16H19N3O/c1-17-10-16(5-6-16)15-18-9-13(19-15)11-2-3-14-12(8-11)4-7-20-14/h2-3,8-9,17H,4-7,10H2,1H3,(H,18,19). The fourth-order valence-corrected chi connectivity index (χ4v) is 3.08. The van der Waals surface area contributed by atoms with E-state index in [1.54, 1.807) is 0 Å². The lowest BCUT2D eigenvalue weighted by Gasteiger charge is -2.10. The molecule has 0 bridgehead atoms. The average molecular weight is 269 g/mol. The minimum atomic E-state index is 0.243. The Kier molecular flexibility index (Phi) is 2.60. The number of ether oxygens (including phenoxy) is 1. The van der Waals surface area contributed by atoms with Crippen molar-refractivity contribution >= 4 is 0 Å². The van der Waals surface area contributed by atoms with E-state index in [0.717, 1.165) is 36.8 Å². The lowest BCUT2D eigenvalue weighted by molar-refractivity contribution is 0.357. The molecule has 0 atom stereocenters. The summed E-state index contributed by atoms with van der Waals surface area (Å²) in [4.78, 5) is 8.13. The third-order valence-corrected chi connectivity index (χ3v) is 4.45. The van der Waals surface area contributed by atoms with Gasteiger partial charge in [0.25, 0.3) is 0 Å². The van der Waals surface area contributed by atoms with E-state index in [4.69, 9.17) is 4.74 Å². The lowest BCUT2D eigenvalue weighted by Crippen LogP contribution is -2.24. The number of hydrogen-bond acceptors (Lipinski definition) is 3. The quantitative estimate of drug-likeness (QED) is 0.895. The highest BCUT2D eigenvalue weighted by molar-refractivity contribution is 5.62. The molecule has 2 aromatic rings. The molecule has 2 heterocycles. The number of H-pyrrole nitrogens is 1. The summed E-state index contributed by atoms with van der Waals surface area (Å²) in [5.41, 5.74) is 3.85. The van der Waals surface area contributed by atoms with Crippen molar-refractivity contribution in [3.05, 3.63) is 35.8 Å². The second-order valence-electron chi connectivity index (χ2n) is 5.88. The fraction of sp³-hybridized carbons (Fsp3) is 0.438. The van der Waals surface area contributed by atoms with Crippen LogP contribution >= 0.6 is 0 Å². The van der Waals surface area contributed by atoms with Crippen molar-refractivity contribution in [2.45, 2.75) is 24.7 Å². The molecular weight excluding hydrogens is 250 g/mol. The first-order valence-electron chi connectivity index (χ1n) is 7.27. The maximum atomic E-state index is 5.56. The van der Waals surface area contributed by atoms with Crippen LogP contribution in [-0.4, -0.2) is 30.2 Å². The van der Waals surface area contributed by atoms with E-state index < -0.39 is 0 Å². The molecule has 1 fully saturated rings. The van der Waals surface area contributed by atoms with Gasteiger partial charge in [-0.2, -0.15) is 0 Å². The van der Waals surface area contributed by atoms with Gasteiger partial charge in [0.2, 0.25) is 0 Å². The van der Waals surface area contributed by atoms with Gasteiger partial charge in [0, 0.05) is 23.9 Å². The predicted molar refractivity (Wildman–Crippen MR) is 78.1 cm³/mol. The van der Waals surface area contributed by atoms with Crippen LogP contribution in [0.3, 0.4) is 0 Å². The van der Waals surface area contributed by atoms with Gasteiger partial charge in [-0.25, -0.2) is 4.98 Å². The molecule has 20 heavy (non-hydrogen) atoms. The zero-order chi connectivity index (χ0) is 13.6. The lowest BCUT2D eigenvalue weighted by atomic mass is 10.1. The number of likely N-dealkylation sites (N-methyl/N-ethyl adjacent to an activating group) is 1. The first-order chi connectivity index (χ1) is 9.81. The van der Waals surface area contributed by atoms with Crippen LogP contribution in [0.15, 0.2) is 24.4 Å². The number of nitrogens with one attached hydrogen (secondary N) is 2. The fourth-order valence-electron chi connectivity index (χ4n) is 3.08. The molecule has 0 radical (unpaired) electrons. The molecular formula is C16H19N3O. The first-order valence-corrected chi connectivity index (χ1v) is 7.27. The summed E-state index contributed by atoms with van der Waals surface area (Å²) >= 11 is 0. The van der Waals surface area contributed by atoms with Crippen LogP contribution in [0.4, 0.5) is 0 Å². The van der Waals surface area contributed by atoms with Gasteiger partial charge in [0.05, 0.1) is 18.5 Å². The third-order valence-electron chi connectivity index (χ3n) is 4.45. The van der Waals surface area contributed by atoms with E-state index in [-0.39, 0.29) is 5.41 Å². The summed E-state index contributed by atoms with van der Waals surface area (Å²) < 4.78 is 5.56. The Bertz CT molecular complexity index is 643. The second kappa shape index (κ2) is 4.35.